The zero-order chi connectivity index (χ0) is 10.8. The maximum atomic E-state index is 5.75. The number of ether oxygens (including phenoxy) is 1. The summed E-state index contributed by atoms with van der Waals surface area (Å²) in [5, 5.41) is 3.37. The Morgan fingerprint density at radius 3 is 2.43 bits per heavy atom. The zero-order valence-corrected chi connectivity index (χ0v) is 9.68. The Morgan fingerprint density at radius 2 is 2.07 bits per heavy atom. The first-order valence-electron chi connectivity index (χ1n) is 5.19. The molecule has 0 spiro atoms. The van der Waals surface area contributed by atoms with Crippen LogP contribution in [0.15, 0.2) is 24.1 Å². The van der Waals surface area contributed by atoms with Crippen LogP contribution >= 0.6 is 0 Å². The standard InChI is InChI=1S/C12H21NO/c1-6-11(14-12(3,4)5)13-10-7-9(2)8-10/h6,10,13H,2,7-8H2,1,3-5H3/b11-6+. The van der Waals surface area contributed by atoms with Crippen LogP contribution in [0.4, 0.5) is 0 Å². The van der Waals surface area contributed by atoms with Gasteiger partial charge >= 0.3 is 0 Å². The minimum atomic E-state index is -0.129. The fourth-order valence-electron chi connectivity index (χ4n) is 1.44. The highest BCUT2D eigenvalue weighted by Gasteiger charge is 2.23. The molecule has 1 rings (SSSR count). The fraction of sp³-hybridized carbons (Fsp3) is 0.667. The molecule has 0 radical (unpaired) electrons. The second-order valence-corrected chi connectivity index (χ2v) is 4.87. The Morgan fingerprint density at radius 1 is 1.50 bits per heavy atom. The molecule has 0 bridgehead atoms. The van der Waals surface area contributed by atoms with Crippen LogP contribution in [0.2, 0.25) is 0 Å². The van der Waals surface area contributed by atoms with Gasteiger partial charge in [-0.25, -0.2) is 0 Å². The molecule has 2 nitrogen and oxygen atoms in total. The van der Waals surface area contributed by atoms with E-state index in [1.54, 1.807) is 0 Å². The molecular weight excluding hydrogens is 174 g/mol. The van der Waals surface area contributed by atoms with Crippen molar-refractivity contribution in [1.29, 1.82) is 0 Å². The molecule has 0 aliphatic heterocycles. The number of hydrogen-bond acceptors (Lipinski definition) is 2. The van der Waals surface area contributed by atoms with Gasteiger partial charge in [-0.2, -0.15) is 0 Å². The van der Waals surface area contributed by atoms with Crippen LogP contribution in [0.5, 0.6) is 0 Å². The van der Waals surface area contributed by atoms with Crippen molar-refractivity contribution in [3.05, 3.63) is 24.1 Å². The van der Waals surface area contributed by atoms with Gasteiger partial charge in [-0.1, -0.05) is 12.2 Å². The Labute approximate surface area is 87.0 Å². The van der Waals surface area contributed by atoms with Crippen molar-refractivity contribution >= 4 is 0 Å². The van der Waals surface area contributed by atoms with Gasteiger partial charge < -0.3 is 10.1 Å². The first kappa shape index (κ1) is 11.2. The molecule has 14 heavy (non-hydrogen) atoms. The SMILES string of the molecule is C=C1CC(N/C(=C\C)OC(C)(C)C)C1. The minimum Gasteiger partial charge on any atom is -0.474 e. The van der Waals surface area contributed by atoms with E-state index in [1.165, 1.54) is 5.57 Å². The first-order chi connectivity index (χ1) is 6.40. The van der Waals surface area contributed by atoms with Crippen molar-refractivity contribution in [3.8, 4) is 0 Å². The van der Waals surface area contributed by atoms with Crippen LogP contribution < -0.4 is 5.32 Å². The van der Waals surface area contributed by atoms with E-state index in [-0.39, 0.29) is 5.60 Å². The van der Waals surface area contributed by atoms with E-state index in [0.717, 1.165) is 18.7 Å². The third-order valence-electron chi connectivity index (χ3n) is 2.09. The largest absolute Gasteiger partial charge is 0.474 e. The van der Waals surface area contributed by atoms with Crippen LogP contribution in [-0.2, 0) is 4.74 Å². The van der Waals surface area contributed by atoms with E-state index in [2.05, 4.69) is 32.7 Å². The lowest BCUT2D eigenvalue weighted by molar-refractivity contribution is 0.0356. The quantitative estimate of drug-likeness (QED) is 0.552. The summed E-state index contributed by atoms with van der Waals surface area (Å²) < 4.78 is 5.75. The normalized spacial score (nSPS) is 19.1. The van der Waals surface area contributed by atoms with E-state index in [9.17, 15) is 0 Å². The summed E-state index contributed by atoms with van der Waals surface area (Å²) >= 11 is 0. The molecule has 80 valence electrons. The molecule has 1 saturated carbocycles. The van der Waals surface area contributed by atoms with Crippen molar-refractivity contribution < 1.29 is 4.74 Å². The lowest BCUT2D eigenvalue weighted by atomic mass is 9.88. The predicted molar refractivity (Wildman–Crippen MR) is 59.9 cm³/mol. The van der Waals surface area contributed by atoms with Crippen molar-refractivity contribution in [2.75, 3.05) is 0 Å². The summed E-state index contributed by atoms with van der Waals surface area (Å²) in [5.74, 6) is 0.884. The van der Waals surface area contributed by atoms with Crippen molar-refractivity contribution in [3.63, 3.8) is 0 Å². The van der Waals surface area contributed by atoms with Gasteiger partial charge in [0, 0.05) is 6.04 Å². The van der Waals surface area contributed by atoms with Crippen molar-refractivity contribution in [1.82, 2.24) is 5.32 Å². The van der Waals surface area contributed by atoms with E-state index < -0.39 is 0 Å². The Balaban J connectivity index is 2.37. The molecule has 0 atom stereocenters. The molecule has 0 aromatic rings. The molecule has 0 unspecified atom stereocenters. The van der Waals surface area contributed by atoms with Gasteiger partial charge in [0.05, 0.1) is 0 Å². The zero-order valence-electron chi connectivity index (χ0n) is 9.68. The molecule has 0 aromatic carbocycles. The average Bonchev–Trinajstić information content (AvgIpc) is 1.97. The molecule has 0 saturated heterocycles. The second kappa shape index (κ2) is 4.07. The first-order valence-corrected chi connectivity index (χ1v) is 5.19. The van der Waals surface area contributed by atoms with Gasteiger partial charge in [0.1, 0.15) is 5.60 Å². The van der Waals surface area contributed by atoms with Gasteiger partial charge in [0.15, 0.2) is 5.88 Å². The van der Waals surface area contributed by atoms with E-state index in [4.69, 9.17) is 4.74 Å². The van der Waals surface area contributed by atoms with Crippen molar-refractivity contribution in [2.24, 2.45) is 0 Å². The van der Waals surface area contributed by atoms with Gasteiger partial charge in [-0.05, 0) is 46.6 Å². The lowest BCUT2D eigenvalue weighted by Crippen LogP contribution is -2.38. The average molecular weight is 195 g/mol. The van der Waals surface area contributed by atoms with E-state index >= 15 is 0 Å². The van der Waals surface area contributed by atoms with Gasteiger partial charge in [0.25, 0.3) is 0 Å². The van der Waals surface area contributed by atoms with E-state index in [0.29, 0.717) is 6.04 Å². The molecule has 2 heteroatoms. The fourth-order valence-corrected chi connectivity index (χ4v) is 1.44. The maximum absolute atomic E-state index is 5.75. The maximum Gasteiger partial charge on any atom is 0.183 e. The number of rotatable bonds is 3. The van der Waals surface area contributed by atoms with Crippen LogP contribution in [0.25, 0.3) is 0 Å². The molecular formula is C12H21NO. The van der Waals surface area contributed by atoms with Gasteiger partial charge in [-0.15, -0.1) is 0 Å². The van der Waals surface area contributed by atoms with Crippen molar-refractivity contribution in [2.45, 2.75) is 52.2 Å². The molecule has 1 aliphatic carbocycles. The van der Waals surface area contributed by atoms with Gasteiger partial charge in [-0.3, -0.25) is 0 Å². The molecule has 0 aromatic heterocycles. The summed E-state index contributed by atoms with van der Waals surface area (Å²) in [6.07, 6.45) is 4.13. The Hall–Kier alpha value is -0.920. The van der Waals surface area contributed by atoms with Crippen LogP contribution in [0.1, 0.15) is 40.5 Å². The minimum absolute atomic E-state index is 0.129. The monoisotopic (exact) mass is 195 g/mol. The Bertz CT molecular complexity index is 240. The molecule has 1 fully saturated rings. The third kappa shape index (κ3) is 3.44. The molecule has 0 heterocycles. The summed E-state index contributed by atoms with van der Waals surface area (Å²) in [6, 6.07) is 0.524. The van der Waals surface area contributed by atoms with Crippen LogP contribution in [0, 0.1) is 0 Å². The Kier molecular flexibility index (Phi) is 3.25. The van der Waals surface area contributed by atoms with Crippen LogP contribution in [-0.4, -0.2) is 11.6 Å². The van der Waals surface area contributed by atoms with Gasteiger partial charge in [0.2, 0.25) is 0 Å². The second-order valence-electron chi connectivity index (χ2n) is 4.87. The van der Waals surface area contributed by atoms with E-state index in [1.807, 2.05) is 13.0 Å². The highest BCUT2D eigenvalue weighted by Crippen LogP contribution is 2.25. The molecule has 0 amide bonds. The summed E-state index contributed by atoms with van der Waals surface area (Å²) in [5.41, 5.74) is 1.20. The highest BCUT2D eigenvalue weighted by atomic mass is 16.5. The third-order valence-corrected chi connectivity index (χ3v) is 2.09. The topological polar surface area (TPSA) is 21.3 Å². The predicted octanol–water partition coefficient (Wildman–Crippen LogP) is 2.97. The lowest BCUT2D eigenvalue weighted by Gasteiger charge is -2.33. The molecule has 1 aliphatic rings. The van der Waals surface area contributed by atoms with Crippen LogP contribution in [0.3, 0.4) is 0 Å². The molecule has 1 N–H and O–H groups in total. The summed E-state index contributed by atoms with van der Waals surface area (Å²) in [4.78, 5) is 0. The number of hydrogen-bond donors (Lipinski definition) is 1. The summed E-state index contributed by atoms with van der Waals surface area (Å²) in [7, 11) is 0. The number of allylic oxidation sites excluding steroid dienone is 1. The highest BCUT2D eigenvalue weighted by molar-refractivity contribution is 5.13. The smallest absolute Gasteiger partial charge is 0.183 e. The summed E-state index contributed by atoms with van der Waals surface area (Å²) in [6.45, 7) is 12.1. The number of nitrogens with one attached hydrogen (secondary N) is 1.